The second-order valence-electron chi connectivity index (χ2n) is 5.85. The zero-order chi connectivity index (χ0) is 11.0. The monoisotopic (exact) mass is 204 g/mol. The molecular weight excluding hydrogens is 180 g/mol. The van der Waals surface area contributed by atoms with Gasteiger partial charge in [0.25, 0.3) is 0 Å². The molecule has 0 heteroatoms. The smallest absolute Gasteiger partial charge is 0.0168 e. The van der Waals surface area contributed by atoms with Gasteiger partial charge in [-0.1, -0.05) is 44.6 Å². The number of allylic oxidation sites excluding steroid dienone is 3. The Balaban J connectivity index is 2.27. The fourth-order valence-corrected chi connectivity index (χ4v) is 3.45. The third-order valence-electron chi connectivity index (χ3n) is 4.43. The summed E-state index contributed by atoms with van der Waals surface area (Å²) in [5, 5.41) is 0. The summed E-state index contributed by atoms with van der Waals surface area (Å²) in [6.07, 6.45) is 7.83. The van der Waals surface area contributed by atoms with Crippen molar-refractivity contribution in [3.8, 4) is 0 Å². The van der Waals surface area contributed by atoms with Gasteiger partial charge in [0.05, 0.1) is 0 Å². The van der Waals surface area contributed by atoms with E-state index in [-0.39, 0.29) is 0 Å². The lowest BCUT2D eigenvalue weighted by Gasteiger charge is -2.41. The molecule has 1 unspecified atom stereocenters. The molecule has 0 aromatic heterocycles. The first-order valence-electron chi connectivity index (χ1n) is 6.49. The van der Waals surface area contributed by atoms with Gasteiger partial charge in [-0.2, -0.15) is 0 Å². The molecule has 2 rings (SSSR count). The van der Waals surface area contributed by atoms with Gasteiger partial charge >= 0.3 is 0 Å². The van der Waals surface area contributed by atoms with Crippen LogP contribution in [0, 0.1) is 23.7 Å². The van der Waals surface area contributed by atoms with Crippen molar-refractivity contribution in [2.24, 2.45) is 23.7 Å². The van der Waals surface area contributed by atoms with E-state index in [4.69, 9.17) is 0 Å². The normalized spacial score (nSPS) is 36.4. The average Bonchev–Trinajstić information content (AvgIpc) is 2.17. The highest BCUT2D eigenvalue weighted by atomic mass is 14.4. The first-order valence-corrected chi connectivity index (χ1v) is 6.49. The molecule has 0 amide bonds. The first kappa shape index (κ1) is 11.0. The Labute approximate surface area is 94.5 Å². The Morgan fingerprint density at radius 3 is 2.67 bits per heavy atom. The SMILES string of the molecule is C=C1C=C2C(CC1)[C@H](C)CC[C@H]2C(C)C. The van der Waals surface area contributed by atoms with Crippen LogP contribution >= 0.6 is 0 Å². The summed E-state index contributed by atoms with van der Waals surface area (Å²) >= 11 is 0. The van der Waals surface area contributed by atoms with Crippen LogP contribution in [0.1, 0.15) is 46.5 Å². The van der Waals surface area contributed by atoms with Crippen LogP contribution in [0.5, 0.6) is 0 Å². The van der Waals surface area contributed by atoms with Gasteiger partial charge in [0, 0.05) is 0 Å². The number of hydrogen-bond acceptors (Lipinski definition) is 0. The van der Waals surface area contributed by atoms with E-state index >= 15 is 0 Å². The van der Waals surface area contributed by atoms with Crippen molar-refractivity contribution >= 4 is 0 Å². The largest absolute Gasteiger partial charge is 0.0958 e. The van der Waals surface area contributed by atoms with Crippen molar-refractivity contribution in [1.29, 1.82) is 0 Å². The van der Waals surface area contributed by atoms with Crippen LogP contribution in [0.3, 0.4) is 0 Å². The maximum absolute atomic E-state index is 4.15. The lowest BCUT2D eigenvalue weighted by atomic mass is 9.64. The van der Waals surface area contributed by atoms with E-state index in [2.05, 4.69) is 33.4 Å². The van der Waals surface area contributed by atoms with Gasteiger partial charge in [0.15, 0.2) is 0 Å². The van der Waals surface area contributed by atoms with Crippen LogP contribution in [-0.2, 0) is 0 Å². The summed E-state index contributed by atoms with van der Waals surface area (Å²) < 4.78 is 0. The Morgan fingerprint density at radius 2 is 2.00 bits per heavy atom. The van der Waals surface area contributed by atoms with Gasteiger partial charge in [-0.05, 0) is 49.4 Å². The Bertz CT molecular complexity index is 282. The standard InChI is InChI=1S/C15H24/c1-10(2)13-8-6-12(4)14-7-5-11(3)9-15(13)14/h9-10,12-14H,3,5-8H2,1-2,4H3/t12-,13+,14?/m1/s1. The minimum atomic E-state index is 0.803. The van der Waals surface area contributed by atoms with Crippen LogP contribution < -0.4 is 0 Å². The summed E-state index contributed by atoms with van der Waals surface area (Å²) in [7, 11) is 0. The van der Waals surface area contributed by atoms with E-state index in [1.807, 2.05) is 0 Å². The fraction of sp³-hybridized carbons (Fsp3) is 0.733. The molecule has 0 saturated heterocycles. The summed E-state index contributed by atoms with van der Waals surface area (Å²) in [6.45, 7) is 11.3. The molecule has 0 aromatic carbocycles. The van der Waals surface area contributed by atoms with Gasteiger partial charge in [-0.25, -0.2) is 0 Å². The quantitative estimate of drug-likeness (QED) is 0.586. The molecule has 0 N–H and O–H groups in total. The molecule has 0 aromatic rings. The average molecular weight is 204 g/mol. The van der Waals surface area contributed by atoms with E-state index in [1.54, 1.807) is 5.57 Å². The molecule has 2 aliphatic rings. The van der Waals surface area contributed by atoms with Gasteiger partial charge in [-0.15, -0.1) is 0 Å². The second-order valence-corrected chi connectivity index (χ2v) is 5.85. The molecule has 15 heavy (non-hydrogen) atoms. The Morgan fingerprint density at radius 1 is 1.27 bits per heavy atom. The van der Waals surface area contributed by atoms with Gasteiger partial charge in [-0.3, -0.25) is 0 Å². The van der Waals surface area contributed by atoms with Gasteiger partial charge in [0.1, 0.15) is 0 Å². The topological polar surface area (TPSA) is 0 Å². The highest BCUT2D eigenvalue weighted by Crippen LogP contribution is 2.46. The molecule has 0 aliphatic heterocycles. The lowest BCUT2D eigenvalue weighted by Crippen LogP contribution is -2.30. The molecule has 0 bridgehead atoms. The highest BCUT2D eigenvalue weighted by molar-refractivity contribution is 5.30. The fourth-order valence-electron chi connectivity index (χ4n) is 3.45. The maximum atomic E-state index is 4.15. The zero-order valence-corrected chi connectivity index (χ0v) is 10.4. The molecule has 1 saturated carbocycles. The second kappa shape index (κ2) is 4.15. The Kier molecular flexibility index (Phi) is 3.04. The maximum Gasteiger partial charge on any atom is -0.0168 e. The first-order chi connectivity index (χ1) is 7.09. The molecule has 84 valence electrons. The lowest BCUT2D eigenvalue weighted by molar-refractivity contribution is 0.224. The molecule has 0 nitrogen and oxygen atoms in total. The Hall–Kier alpha value is -0.520. The summed E-state index contributed by atoms with van der Waals surface area (Å²) in [6, 6.07) is 0. The van der Waals surface area contributed by atoms with Gasteiger partial charge in [0.2, 0.25) is 0 Å². The third kappa shape index (κ3) is 2.04. The van der Waals surface area contributed by atoms with Crippen molar-refractivity contribution in [3.05, 3.63) is 23.8 Å². The van der Waals surface area contributed by atoms with Crippen LogP contribution in [0.15, 0.2) is 23.8 Å². The van der Waals surface area contributed by atoms with Crippen LogP contribution in [0.2, 0.25) is 0 Å². The zero-order valence-electron chi connectivity index (χ0n) is 10.4. The van der Waals surface area contributed by atoms with Crippen LogP contribution in [0.25, 0.3) is 0 Å². The van der Waals surface area contributed by atoms with E-state index in [1.165, 1.54) is 31.3 Å². The summed E-state index contributed by atoms with van der Waals surface area (Å²) in [4.78, 5) is 0. The van der Waals surface area contributed by atoms with E-state index in [0.29, 0.717) is 0 Å². The van der Waals surface area contributed by atoms with Crippen LogP contribution in [-0.4, -0.2) is 0 Å². The van der Waals surface area contributed by atoms with Crippen molar-refractivity contribution in [1.82, 2.24) is 0 Å². The van der Waals surface area contributed by atoms with Gasteiger partial charge < -0.3 is 0 Å². The minimum Gasteiger partial charge on any atom is -0.0958 e. The van der Waals surface area contributed by atoms with Crippen molar-refractivity contribution in [2.75, 3.05) is 0 Å². The van der Waals surface area contributed by atoms with Crippen molar-refractivity contribution in [3.63, 3.8) is 0 Å². The van der Waals surface area contributed by atoms with E-state index in [0.717, 1.165) is 23.7 Å². The molecule has 0 heterocycles. The predicted molar refractivity (Wildman–Crippen MR) is 66.7 cm³/mol. The summed E-state index contributed by atoms with van der Waals surface area (Å²) in [5.41, 5.74) is 3.10. The molecule has 0 radical (unpaired) electrons. The summed E-state index contributed by atoms with van der Waals surface area (Å²) in [5.74, 6) is 3.41. The number of hydrogen-bond donors (Lipinski definition) is 0. The van der Waals surface area contributed by atoms with Crippen molar-refractivity contribution < 1.29 is 0 Å². The molecule has 3 atom stereocenters. The number of fused-ring (bicyclic) bond motifs is 1. The van der Waals surface area contributed by atoms with E-state index < -0.39 is 0 Å². The minimum absolute atomic E-state index is 0.803. The highest BCUT2D eigenvalue weighted by Gasteiger charge is 2.35. The number of rotatable bonds is 1. The third-order valence-corrected chi connectivity index (χ3v) is 4.43. The van der Waals surface area contributed by atoms with Crippen LogP contribution in [0.4, 0.5) is 0 Å². The predicted octanol–water partition coefficient (Wildman–Crippen LogP) is 4.58. The molecule has 0 spiro atoms. The van der Waals surface area contributed by atoms with E-state index in [9.17, 15) is 0 Å². The van der Waals surface area contributed by atoms with Crippen molar-refractivity contribution in [2.45, 2.75) is 46.5 Å². The molecular formula is C15H24. The molecule has 1 fully saturated rings. The molecule has 2 aliphatic carbocycles.